The molecule has 0 radical (unpaired) electrons. The lowest BCUT2D eigenvalue weighted by Gasteiger charge is -2.26. The number of rotatable bonds is 3. The molecule has 0 bridgehead atoms. The van der Waals surface area contributed by atoms with Crippen LogP contribution >= 0.6 is 0 Å². The van der Waals surface area contributed by atoms with E-state index in [4.69, 9.17) is 0 Å². The Morgan fingerprint density at radius 2 is 1.81 bits per heavy atom. The van der Waals surface area contributed by atoms with Crippen molar-refractivity contribution in [2.45, 2.75) is 51.1 Å². The summed E-state index contributed by atoms with van der Waals surface area (Å²) >= 11 is 0. The SMILES string of the molecule is N#Cc1ccccc1C(=O)Nc1ccc2c(c1)CN(C1CCC(=O)CCCCC1=O)C2=O. The van der Waals surface area contributed by atoms with Gasteiger partial charge in [0.1, 0.15) is 5.78 Å². The van der Waals surface area contributed by atoms with Crippen molar-refractivity contribution in [2.75, 3.05) is 5.32 Å². The fourth-order valence-corrected chi connectivity index (χ4v) is 4.35. The third kappa shape index (κ3) is 4.30. The molecule has 0 aromatic heterocycles. The molecule has 1 heterocycles. The van der Waals surface area contributed by atoms with Gasteiger partial charge in [-0.25, -0.2) is 0 Å². The van der Waals surface area contributed by atoms with Crippen LogP contribution in [-0.2, 0) is 16.1 Å². The number of nitriles is 1. The second-order valence-corrected chi connectivity index (χ2v) is 8.18. The number of hydrogen-bond donors (Lipinski definition) is 1. The van der Waals surface area contributed by atoms with Crippen molar-refractivity contribution < 1.29 is 19.2 Å². The molecule has 2 aliphatic rings. The highest BCUT2D eigenvalue weighted by molar-refractivity contribution is 6.07. The summed E-state index contributed by atoms with van der Waals surface area (Å²) in [7, 11) is 0. The average Bonchev–Trinajstić information content (AvgIpc) is 3.15. The van der Waals surface area contributed by atoms with Crippen LogP contribution in [-0.4, -0.2) is 34.3 Å². The van der Waals surface area contributed by atoms with Crippen molar-refractivity contribution >= 4 is 29.1 Å². The fourth-order valence-electron chi connectivity index (χ4n) is 4.35. The van der Waals surface area contributed by atoms with E-state index in [1.165, 1.54) is 0 Å². The van der Waals surface area contributed by atoms with Crippen molar-refractivity contribution in [3.05, 3.63) is 64.7 Å². The monoisotopic (exact) mass is 429 g/mol. The lowest BCUT2D eigenvalue weighted by atomic mass is 10.0. The normalized spacial score (nSPS) is 18.9. The number of Topliss-reactive ketones (excluding diaryl/α,β-unsaturated/α-hetero) is 2. The molecule has 32 heavy (non-hydrogen) atoms. The molecule has 1 aliphatic carbocycles. The maximum Gasteiger partial charge on any atom is 0.257 e. The summed E-state index contributed by atoms with van der Waals surface area (Å²) in [5.41, 5.74) is 2.28. The highest BCUT2D eigenvalue weighted by atomic mass is 16.2. The van der Waals surface area contributed by atoms with Crippen molar-refractivity contribution in [1.82, 2.24) is 4.90 Å². The van der Waals surface area contributed by atoms with E-state index in [2.05, 4.69) is 5.32 Å². The minimum atomic E-state index is -0.600. The molecule has 1 N–H and O–H groups in total. The van der Waals surface area contributed by atoms with Gasteiger partial charge in [-0.2, -0.15) is 5.26 Å². The predicted octanol–water partition coefficient (Wildman–Crippen LogP) is 3.63. The van der Waals surface area contributed by atoms with E-state index in [-0.39, 0.29) is 35.1 Å². The molecule has 2 aromatic carbocycles. The summed E-state index contributed by atoms with van der Waals surface area (Å²) < 4.78 is 0. The summed E-state index contributed by atoms with van der Waals surface area (Å²) in [5, 5.41) is 12.0. The number of nitrogens with one attached hydrogen (secondary N) is 1. The Morgan fingerprint density at radius 1 is 1.03 bits per heavy atom. The van der Waals surface area contributed by atoms with E-state index >= 15 is 0 Å². The Morgan fingerprint density at radius 3 is 2.62 bits per heavy atom. The zero-order chi connectivity index (χ0) is 22.7. The topological polar surface area (TPSA) is 107 Å². The van der Waals surface area contributed by atoms with Gasteiger partial charge in [-0.15, -0.1) is 0 Å². The largest absolute Gasteiger partial charge is 0.324 e. The van der Waals surface area contributed by atoms with E-state index < -0.39 is 11.9 Å². The number of amides is 2. The van der Waals surface area contributed by atoms with Gasteiger partial charge < -0.3 is 10.2 Å². The first-order valence-electron chi connectivity index (χ1n) is 10.8. The summed E-state index contributed by atoms with van der Waals surface area (Å²) in [6.45, 7) is 0.261. The van der Waals surface area contributed by atoms with Gasteiger partial charge in [-0.1, -0.05) is 12.1 Å². The zero-order valence-electron chi connectivity index (χ0n) is 17.6. The number of carbonyl (C=O) groups excluding carboxylic acids is 4. The number of nitrogens with zero attached hydrogens (tertiary/aromatic N) is 2. The molecular weight excluding hydrogens is 406 g/mol. The minimum absolute atomic E-state index is 0.00231. The molecule has 2 amide bonds. The first-order chi connectivity index (χ1) is 15.5. The van der Waals surface area contributed by atoms with Crippen LogP contribution in [0.2, 0.25) is 0 Å². The third-order valence-corrected chi connectivity index (χ3v) is 6.06. The first-order valence-corrected chi connectivity index (χ1v) is 10.8. The van der Waals surface area contributed by atoms with E-state index in [1.54, 1.807) is 47.4 Å². The molecule has 2 aromatic rings. The highest BCUT2D eigenvalue weighted by Gasteiger charge is 2.36. The van der Waals surface area contributed by atoms with Crippen LogP contribution in [0.3, 0.4) is 0 Å². The van der Waals surface area contributed by atoms with E-state index in [0.29, 0.717) is 49.8 Å². The Bertz CT molecular complexity index is 1150. The molecule has 0 spiro atoms. The van der Waals surface area contributed by atoms with Crippen LogP contribution in [0.15, 0.2) is 42.5 Å². The Hall–Kier alpha value is -3.79. The number of hydrogen-bond acceptors (Lipinski definition) is 5. The van der Waals surface area contributed by atoms with Crippen molar-refractivity contribution in [3.63, 3.8) is 0 Å². The molecule has 1 saturated carbocycles. The molecule has 1 unspecified atom stereocenters. The first kappa shape index (κ1) is 21.4. The lowest BCUT2D eigenvalue weighted by molar-refractivity contribution is -0.124. The van der Waals surface area contributed by atoms with Crippen LogP contribution < -0.4 is 5.32 Å². The zero-order valence-corrected chi connectivity index (χ0v) is 17.6. The van der Waals surface area contributed by atoms with E-state index in [9.17, 15) is 24.4 Å². The van der Waals surface area contributed by atoms with Gasteiger partial charge in [0.05, 0.1) is 23.2 Å². The Labute approximate surface area is 186 Å². The van der Waals surface area contributed by atoms with Crippen LogP contribution in [0, 0.1) is 11.3 Å². The van der Waals surface area contributed by atoms with Crippen LogP contribution in [0.4, 0.5) is 5.69 Å². The van der Waals surface area contributed by atoms with E-state index in [0.717, 1.165) is 5.56 Å². The summed E-state index contributed by atoms with van der Waals surface area (Å²) in [4.78, 5) is 51.9. The maximum absolute atomic E-state index is 13.0. The Balaban J connectivity index is 1.53. The van der Waals surface area contributed by atoms with Gasteiger partial charge in [-0.05, 0) is 55.2 Å². The van der Waals surface area contributed by atoms with Gasteiger partial charge in [0.2, 0.25) is 0 Å². The maximum atomic E-state index is 13.0. The van der Waals surface area contributed by atoms with Gasteiger partial charge in [0, 0.05) is 37.1 Å². The fraction of sp³-hybridized carbons (Fsp3) is 0.320. The Kier molecular flexibility index (Phi) is 6.13. The quantitative estimate of drug-likeness (QED) is 0.802. The highest BCUT2D eigenvalue weighted by Crippen LogP contribution is 2.30. The third-order valence-electron chi connectivity index (χ3n) is 6.06. The molecule has 1 aliphatic heterocycles. The molecule has 7 heteroatoms. The number of benzene rings is 2. The molecular formula is C25H23N3O4. The number of ketones is 2. The second kappa shape index (κ2) is 9.15. The molecule has 1 fully saturated rings. The van der Waals surface area contributed by atoms with Crippen molar-refractivity contribution in [2.24, 2.45) is 0 Å². The predicted molar refractivity (Wildman–Crippen MR) is 117 cm³/mol. The standard InChI is InChI=1S/C25H23N3O4/c26-14-16-5-1-3-7-20(16)24(31)27-18-9-11-21-17(13-18)15-28(25(21)32)22-12-10-19(29)6-2-4-8-23(22)30/h1,3,5,7,9,11,13,22H,2,4,6,8,10,12,15H2,(H,27,31). The smallest absolute Gasteiger partial charge is 0.257 e. The lowest BCUT2D eigenvalue weighted by Crippen LogP contribution is -2.41. The van der Waals surface area contributed by atoms with Crippen molar-refractivity contribution in [3.8, 4) is 6.07 Å². The summed E-state index contributed by atoms with van der Waals surface area (Å²) in [6, 6.07) is 13.0. The molecule has 4 rings (SSSR count). The van der Waals surface area contributed by atoms with Gasteiger partial charge in [0.15, 0.2) is 5.78 Å². The molecule has 7 nitrogen and oxygen atoms in total. The number of carbonyl (C=O) groups is 4. The number of fused-ring (bicyclic) bond motifs is 1. The van der Waals surface area contributed by atoms with Gasteiger partial charge in [0.25, 0.3) is 11.8 Å². The number of anilines is 1. The average molecular weight is 429 g/mol. The van der Waals surface area contributed by atoms with Gasteiger partial charge >= 0.3 is 0 Å². The summed E-state index contributed by atoms with van der Waals surface area (Å²) in [6.07, 6.45) is 2.89. The van der Waals surface area contributed by atoms with E-state index in [1.807, 2.05) is 6.07 Å². The van der Waals surface area contributed by atoms with Gasteiger partial charge in [-0.3, -0.25) is 19.2 Å². The van der Waals surface area contributed by atoms with Crippen molar-refractivity contribution in [1.29, 1.82) is 5.26 Å². The van der Waals surface area contributed by atoms with Crippen LogP contribution in [0.5, 0.6) is 0 Å². The van der Waals surface area contributed by atoms with Crippen LogP contribution in [0.1, 0.15) is 70.4 Å². The minimum Gasteiger partial charge on any atom is -0.324 e. The van der Waals surface area contributed by atoms with Crippen LogP contribution in [0.25, 0.3) is 0 Å². The molecule has 162 valence electrons. The molecule has 1 atom stereocenters. The second-order valence-electron chi connectivity index (χ2n) is 8.18. The summed E-state index contributed by atoms with van der Waals surface area (Å²) in [5.74, 6) is -0.495. The molecule has 0 saturated heterocycles.